The third-order valence-electron chi connectivity index (χ3n) is 7.01. The molecule has 0 saturated heterocycles. The molecule has 1 N–H and O–H groups in total. The van der Waals surface area contributed by atoms with Crippen LogP contribution in [-0.2, 0) is 32.8 Å². The van der Waals surface area contributed by atoms with Gasteiger partial charge in [-0.05, 0) is 55.0 Å². The average Bonchev–Trinajstić information content (AvgIpc) is 3.31. The fraction of sp³-hybridized carbons (Fsp3) is 0.345. The number of ether oxygens (including phenoxy) is 2. The zero-order valence-corrected chi connectivity index (χ0v) is 22.6. The summed E-state index contributed by atoms with van der Waals surface area (Å²) in [6, 6.07) is 21.4. The van der Waals surface area contributed by atoms with E-state index < -0.39 is 33.5 Å². The number of benzene rings is 3. The van der Waals surface area contributed by atoms with Crippen LogP contribution in [0.15, 0.2) is 72.8 Å². The van der Waals surface area contributed by atoms with Crippen molar-refractivity contribution in [3.05, 3.63) is 89.7 Å². The van der Waals surface area contributed by atoms with Crippen molar-refractivity contribution >= 4 is 16.2 Å². The summed E-state index contributed by atoms with van der Waals surface area (Å²) in [5, 5.41) is 0. The summed E-state index contributed by atoms with van der Waals surface area (Å²) in [5.41, 5.74) is 1.80. The van der Waals surface area contributed by atoms with Gasteiger partial charge in [0.05, 0.1) is 12.5 Å². The van der Waals surface area contributed by atoms with Crippen molar-refractivity contribution < 1.29 is 27.1 Å². The van der Waals surface area contributed by atoms with E-state index in [4.69, 9.17) is 9.47 Å². The van der Waals surface area contributed by atoms with Gasteiger partial charge in [-0.2, -0.15) is 17.4 Å². The summed E-state index contributed by atoms with van der Waals surface area (Å²) in [5.74, 6) is -0.254. The first-order valence-corrected chi connectivity index (χ1v) is 13.9. The molecule has 0 amide bonds. The molecule has 4 rings (SSSR count). The van der Waals surface area contributed by atoms with Crippen molar-refractivity contribution in [2.24, 2.45) is 5.41 Å². The molecule has 38 heavy (non-hydrogen) atoms. The number of hydrogen-bond acceptors (Lipinski definition) is 5. The number of para-hydroxylation sites is 1. The van der Waals surface area contributed by atoms with E-state index >= 15 is 4.39 Å². The Morgan fingerprint density at radius 1 is 1.03 bits per heavy atom. The van der Waals surface area contributed by atoms with Crippen LogP contribution in [0.5, 0.6) is 5.75 Å². The van der Waals surface area contributed by atoms with Gasteiger partial charge < -0.3 is 9.47 Å². The van der Waals surface area contributed by atoms with Crippen LogP contribution >= 0.6 is 0 Å². The van der Waals surface area contributed by atoms with Crippen LogP contribution in [0.2, 0.25) is 0 Å². The van der Waals surface area contributed by atoms with Crippen LogP contribution in [-0.4, -0.2) is 45.9 Å². The summed E-state index contributed by atoms with van der Waals surface area (Å²) in [6.07, 6.45) is 1.52. The highest BCUT2D eigenvalue weighted by atomic mass is 32.2. The van der Waals surface area contributed by atoms with Gasteiger partial charge in [0.15, 0.2) is 0 Å². The Morgan fingerprint density at radius 3 is 2.45 bits per heavy atom. The second-order valence-corrected chi connectivity index (χ2v) is 11.8. The van der Waals surface area contributed by atoms with Crippen LogP contribution in [0.3, 0.4) is 0 Å². The standard InChI is InChI=1S/C29H33FN2O5S/c1-32(2)38(34,35)31-23-15-16-29(19-23,28(33)36-3)18-22-13-14-26(30)25(17-22)24-11-7-8-12-27(24)37-20-21-9-5-4-6-10-21/h4-14,17,23,31H,15-16,18-20H2,1-3H3/t23-,29+/m0/s1. The smallest absolute Gasteiger partial charge is 0.312 e. The van der Waals surface area contributed by atoms with Gasteiger partial charge in [0, 0.05) is 31.3 Å². The van der Waals surface area contributed by atoms with E-state index in [0.29, 0.717) is 42.7 Å². The van der Waals surface area contributed by atoms with Crippen molar-refractivity contribution in [2.45, 2.75) is 38.3 Å². The Bertz CT molecular complexity index is 1380. The van der Waals surface area contributed by atoms with Crippen molar-refractivity contribution in [1.82, 2.24) is 9.03 Å². The van der Waals surface area contributed by atoms with E-state index in [-0.39, 0.29) is 6.42 Å². The van der Waals surface area contributed by atoms with Crippen molar-refractivity contribution in [3.63, 3.8) is 0 Å². The van der Waals surface area contributed by atoms with Crippen molar-refractivity contribution in [1.29, 1.82) is 0 Å². The first-order chi connectivity index (χ1) is 18.1. The maximum absolute atomic E-state index is 15.1. The molecule has 0 radical (unpaired) electrons. The molecule has 9 heteroatoms. The summed E-state index contributed by atoms with van der Waals surface area (Å²) in [7, 11) is 0.584. The molecule has 1 fully saturated rings. The molecule has 0 spiro atoms. The maximum atomic E-state index is 15.1. The number of halogens is 1. The van der Waals surface area contributed by atoms with E-state index in [1.807, 2.05) is 42.5 Å². The molecule has 0 unspecified atom stereocenters. The molecule has 1 aliphatic carbocycles. The monoisotopic (exact) mass is 540 g/mol. The van der Waals surface area contributed by atoms with Crippen LogP contribution in [0.25, 0.3) is 11.1 Å². The number of rotatable bonds is 10. The van der Waals surface area contributed by atoms with E-state index in [1.54, 1.807) is 24.3 Å². The normalized spacial score (nSPS) is 19.4. The number of carbonyl (C=O) groups is 1. The second kappa shape index (κ2) is 11.6. The van der Waals surface area contributed by atoms with E-state index in [9.17, 15) is 13.2 Å². The lowest BCUT2D eigenvalue weighted by atomic mass is 9.79. The van der Waals surface area contributed by atoms with Gasteiger partial charge in [0.1, 0.15) is 18.2 Å². The number of hydrogen-bond donors (Lipinski definition) is 1. The highest BCUT2D eigenvalue weighted by molar-refractivity contribution is 7.87. The van der Waals surface area contributed by atoms with Crippen molar-refractivity contribution in [2.75, 3.05) is 21.2 Å². The largest absolute Gasteiger partial charge is 0.488 e. The Kier molecular flexibility index (Phi) is 8.50. The molecular weight excluding hydrogens is 507 g/mol. The van der Waals surface area contributed by atoms with Gasteiger partial charge in [-0.1, -0.05) is 54.6 Å². The molecule has 0 aromatic heterocycles. The van der Waals surface area contributed by atoms with E-state index in [0.717, 1.165) is 15.4 Å². The Hall–Kier alpha value is -3.27. The predicted octanol–water partition coefficient (Wildman–Crippen LogP) is 4.72. The molecule has 0 heterocycles. The minimum absolute atomic E-state index is 0.288. The Labute approximate surface area is 223 Å². The van der Waals surface area contributed by atoms with Crippen LogP contribution in [0.1, 0.15) is 30.4 Å². The Morgan fingerprint density at radius 2 is 1.74 bits per heavy atom. The highest BCUT2D eigenvalue weighted by Crippen LogP contribution is 2.43. The quantitative estimate of drug-likeness (QED) is 0.376. The van der Waals surface area contributed by atoms with Crippen LogP contribution < -0.4 is 9.46 Å². The lowest BCUT2D eigenvalue weighted by molar-refractivity contribution is -0.152. The molecule has 0 bridgehead atoms. The molecular formula is C29H33FN2O5S. The summed E-state index contributed by atoms with van der Waals surface area (Å²) < 4.78 is 54.8. The highest BCUT2D eigenvalue weighted by Gasteiger charge is 2.47. The average molecular weight is 541 g/mol. The summed E-state index contributed by atoms with van der Waals surface area (Å²) in [4.78, 5) is 13.0. The van der Waals surface area contributed by atoms with Gasteiger partial charge in [-0.3, -0.25) is 4.79 Å². The van der Waals surface area contributed by atoms with E-state index in [1.165, 1.54) is 27.3 Å². The number of esters is 1. The molecule has 0 aliphatic heterocycles. The molecule has 1 saturated carbocycles. The minimum Gasteiger partial charge on any atom is -0.488 e. The van der Waals surface area contributed by atoms with E-state index in [2.05, 4.69) is 4.72 Å². The molecule has 202 valence electrons. The molecule has 3 aromatic rings. The molecule has 3 aromatic carbocycles. The molecule has 2 atom stereocenters. The number of nitrogens with one attached hydrogen (secondary N) is 1. The second-order valence-electron chi connectivity index (χ2n) is 9.88. The fourth-order valence-corrected chi connectivity index (χ4v) is 5.84. The number of nitrogens with zero attached hydrogens (tertiary/aromatic N) is 1. The van der Waals surface area contributed by atoms with Gasteiger partial charge in [0.25, 0.3) is 10.2 Å². The van der Waals surface area contributed by atoms with Gasteiger partial charge in [-0.25, -0.2) is 4.39 Å². The first-order valence-electron chi connectivity index (χ1n) is 12.5. The molecule has 7 nitrogen and oxygen atoms in total. The third-order valence-corrected chi connectivity index (χ3v) is 8.60. The zero-order chi connectivity index (χ0) is 27.3. The number of carbonyl (C=O) groups excluding carboxylic acids is 1. The van der Waals surface area contributed by atoms with Crippen LogP contribution in [0, 0.1) is 11.2 Å². The van der Waals surface area contributed by atoms with Gasteiger partial charge >= 0.3 is 5.97 Å². The SMILES string of the molecule is COC(=O)[C@@]1(Cc2ccc(F)c(-c3ccccc3OCc3ccccc3)c2)CC[C@H](NS(=O)(=O)N(C)C)C1. The van der Waals surface area contributed by atoms with Gasteiger partial charge in [-0.15, -0.1) is 0 Å². The predicted molar refractivity (Wildman–Crippen MR) is 144 cm³/mol. The first kappa shape index (κ1) is 27.8. The summed E-state index contributed by atoms with van der Waals surface area (Å²) >= 11 is 0. The third kappa shape index (κ3) is 6.23. The molecule has 1 aliphatic rings. The maximum Gasteiger partial charge on any atom is 0.312 e. The summed E-state index contributed by atoms with van der Waals surface area (Å²) in [6.45, 7) is 0.342. The zero-order valence-electron chi connectivity index (χ0n) is 21.8. The van der Waals surface area contributed by atoms with Gasteiger partial charge in [0.2, 0.25) is 0 Å². The fourth-order valence-electron chi connectivity index (χ4n) is 5.01. The van der Waals surface area contributed by atoms with Crippen molar-refractivity contribution in [3.8, 4) is 16.9 Å². The number of methoxy groups -OCH3 is 1. The lowest BCUT2D eigenvalue weighted by Crippen LogP contribution is -2.42. The topological polar surface area (TPSA) is 84.9 Å². The minimum atomic E-state index is -3.65. The lowest BCUT2D eigenvalue weighted by Gasteiger charge is -2.27. The van der Waals surface area contributed by atoms with Crippen LogP contribution in [0.4, 0.5) is 4.39 Å². The Balaban J connectivity index is 1.60.